The van der Waals surface area contributed by atoms with Crippen molar-refractivity contribution < 1.29 is 4.79 Å². The maximum absolute atomic E-state index is 12.6. The Morgan fingerprint density at radius 2 is 2.28 bits per heavy atom. The molecule has 1 aliphatic carbocycles. The molecule has 1 amide bonds. The van der Waals surface area contributed by atoms with E-state index < -0.39 is 0 Å². The van der Waals surface area contributed by atoms with Crippen LogP contribution in [-0.2, 0) is 11.2 Å². The van der Waals surface area contributed by atoms with Gasteiger partial charge in [-0.2, -0.15) is 0 Å². The van der Waals surface area contributed by atoms with Gasteiger partial charge >= 0.3 is 0 Å². The zero-order valence-corrected chi connectivity index (χ0v) is 17.8. The number of benzene rings is 1. The minimum absolute atomic E-state index is 0.196. The van der Waals surface area contributed by atoms with Gasteiger partial charge in [-0.1, -0.05) is 18.2 Å². The molecule has 0 saturated carbocycles. The van der Waals surface area contributed by atoms with Crippen molar-refractivity contribution in [2.45, 2.75) is 37.6 Å². The van der Waals surface area contributed by atoms with Crippen LogP contribution in [-0.4, -0.2) is 67.0 Å². The van der Waals surface area contributed by atoms with Crippen LogP contribution in [0.15, 0.2) is 37.1 Å². The van der Waals surface area contributed by atoms with Gasteiger partial charge in [-0.3, -0.25) is 9.69 Å². The van der Waals surface area contributed by atoms with E-state index in [4.69, 9.17) is 0 Å². The second-order valence-corrected chi connectivity index (χ2v) is 9.02. The Morgan fingerprint density at radius 1 is 1.41 bits per heavy atom. The van der Waals surface area contributed by atoms with Crippen molar-refractivity contribution in [3.8, 4) is 0 Å². The van der Waals surface area contributed by atoms with E-state index in [0.717, 1.165) is 45.4 Å². The second kappa shape index (κ2) is 8.72. The normalized spacial score (nSPS) is 23.9. The van der Waals surface area contributed by atoms with Crippen molar-refractivity contribution in [3.63, 3.8) is 0 Å². The Hall–Kier alpha value is -2.11. The quantitative estimate of drug-likeness (QED) is 0.534. The first-order chi connectivity index (χ1) is 14.1. The fourth-order valence-corrected chi connectivity index (χ4v) is 5.38. The van der Waals surface area contributed by atoms with Crippen molar-refractivity contribution >= 4 is 16.8 Å². The Morgan fingerprint density at radius 3 is 3.07 bits per heavy atom. The number of nitrogens with zero attached hydrogens (tertiary/aromatic N) is 2. The maximum atomic E-state index is 12.6. The monoisotopic (exact) mass is 394 g/mol. The van der Waals surface area contributed by atoms with Crippen molar-refractivity contribution in [1.29, 1.82) is 0 Å². The van der Waals surface area contributed by atoms with Gasteiger partial charge in [0.05, 0.1) is 0 Å². The summed E-state index contributed by atoms with van der Waals surface area (Å²) in [4.78, 5) is 20.7. The summed E-state index contributed by atoms with van der Waals surface area (Å²) in [5, 5.41) is 4.54. The zero-order chi connectivity index (χ0) is 20.4. The highest BCUT2D eigenvalue weighted by molar-refractivity contribution is 5.88. The fourth-order valence-electron chi connectivity index (χ4n) is 5.38. The summed E-state index contributed by atoms with van der Waals surface area (Å²) in [5.41, 5.74) is 4.13. The lowest BCUT2D eigenvalue weighted by molar-refractivity contribution is -0.122. The van der Waals surface area contributed by atoms with Gasteiger partial charge < -0.3 is 15.2 Å². The molecule has 1 saturated heterocycles. The smallest absolute Gasteiger partial charge is 0.220 e. The first-order valence-electron chi connectivity index (χ1n) is 10.9. The molecule has 5 heteroatoms. The lowest BCUT2D eigenvalue weighted by Gasteiger charge is -2.46. The number of carbonyl (C=O) groups excluding carboxylic acids is 1. The Balaban J connectivity index is 1.47. The molecule has 2 aliphatic rings. The van der Waals surface area contributed by atoms with Gasteiger partial charge in [0.2, 0.25) is 5.91 Å². The number of aromatic amines is 1. The number of H-pyrrole nitrogens is 1. The molecule has 156 valence electrons. The molecular formula is C24H34N4O. The Kier molecular flexibility index (Phi) is 6.07. The SMILES string of the molecule is C=CCN1C[C@H](CC(=O)NCCCN(C)C)C[C@@H]2c3cccc4[nH]cc(c34)C[C@H]21. The molecule has 2 heterocycles. The minimum atomic E-state index is 0.196. The number of aromatic nitrogens is 1. The molecule has 2 aromatic rings. The average molecular weight is 395 g/mol. The van der Waals surface area contributed by atoms with Gasteiger partial charge in [-0.25, -0.2) is 0 Å². The molecule has 0 bridgehead atoms. The van der Waals surface area contributed by atoms with E-state index in [9.17, 15) is 4.79 Å². The number of piperidine rings is 1. The van der Waals surface area contributed by atoms with Crippen molar-refractivity contribution in [2.75, 3.05) is 40.3 Å². The second-order valence-electron chi connectivity index (χ2n) is 9.02. The first kappa shape index (κ1) is 20.2. The topological polar surface area (TPSA) is 51.4 Å². The molecule has 1 fully saturated rings. The van der Waals surface area contributed by atoms with Gasteiger partial charge in [0.1, 0.15) is 0 Å². The van der Waals surface area contributed by atoms with Crippen LogP contribution in [0, 0.1) is 5.92 Å². The molecule has 1 aliphatic heterocycles. The van der Waals surface area contributed by atoms with Gasteiger partial charge in [-0.05, 0) is 63.0 Å². The predicted octanol–water partition coefficient (Wildman–Crippen LogP) is 3.14. The number of likely N-dealkylation sites (tertiary alicyclic amines) is 1. The van der Waals surface area contributed by atoms with E-state index in [-0.39, 0.29) is 5.91 Å². The van der Waals surface area contributed by atoms with E-state index in [1.807, 2.05) is 6.08 Å². The third-order valence-corrected chi connectivity index (χ3v) is 6.60. The first-order valence-corrected chi connectivity index (χ1v) is 10.9. The van der Waals surface area contributed by atoms with E-state index in [0.29, 0.717) is 24.3 Å². The summed E-state index contributed by atoms with van der Waals surface area (Å²) in [7, 11) is 4.13. The molecule has 3 atom stereocenters. The average Bonchev–Trinajstić information content (AvgIpc) is 3.11. The molecule has 1 aromatic heterocycles. The molecular weight excluding hydrogens is 360 g/mol. The number of nitrogens with one attached hydrogen (secondary N) is 2. The van der Waals surface area contributed by atoms with Gasteiger partial charge in [0, 0.05) is 55.1 Å². The van der Waals surface area contributed by atoms with Crippen molar-refractivity contribution in [1.82, 2.24) is 20.1 Å². The summed E-state index contributed by atoms with van der Waals surface area (Å²) in [6.45, 7) is 7.62. The van der Waals surface area contributed by atoms with Crippen LogP contribution < -0.4 is 5.32 Å². The van der Waals surface area contributed by atoms with Gasteiger partial charge in [-0.15, -0.1) is 6.58 Å². The molecule has 29 heavy (non-hydrogen) atoms. The number of fused-ring (bicyclic) bond motifs is 2. The minimum Gasteiger partial charge on any atom is -0.361 e. The van der Waals surface area contributed by atoms with E-state index in [1.165, 1.54) is 22.0 Å². The molecule has 0 spiro atoms. The Bertz CT molecular complexity index is 871. The fraction of sp³-hybridized carbons (Fsp3) is 0.542. The highest BCUT2D eigenvalue weighted by Crippen LogP contribution is 2.45. The number of amides is 1. The predicted molar refractivity (Wildman–Crippen MR) is 119 cm³/mol. The molecule has 4 rings (SSSR count). The van der Waals surface area contributed by atoms with Crippen molar-refractivity contribution in [3.05, 3.63) is 48.2 Å². The summed E-state index contributed by atoms with van der Waals surface area (Å²) in [6.07, 6.45) is 7.98. The zero-order valence-electron chi connectivity index (χ0n) is 17.8. The number of hydrogen-bond donors (Lipinski definition) is 2. The molecule has 5 nitrogen and oxygen atoms in total. The van der Waals surface area contributed by atoms with Crippen LogP contribution in [0.5, 0.6) is 0 Å². The van der Waals surface area contributed by atoms with Crippen LogP contribution in [0.25, 0.3) is 10.9 Å². The van der Waals surface area contributed by atoms with Crippen LogP contribution in [0.2, 0.25) is 0 Å². The van der Waals surface area contributed by atoms with Crippen molar-refractivity contribution in [2.24, 2.45) is 5.92 Å². The van der Waals surface area contributed by atoms with Gasteiger partial charge in [0.25, 0.3) is 0 Å². The lowest BCUT2D eigenvalue weighted by atomic mass is 9.71. The summed E-state index contributed by atoms with van der Waals surface area (Å²) in [5.74, 6) is 1.07. The van der Waals surface area contributed by atoms with Crippen LogP contribution in [0.4, 0.5) is 0 Å². The third kappa shape index (κ3) is 4.26. The highest BCUT2D eigenvalue weighted by Gasteiger charge is 2.40. The van der Waals surface area contributed by atoms with E-state index >= 15 is 0 Å². The van der Waals surface area contributed by atoms with E-state index in [1.54, 1.807) is 0 Å². The summed E-state index contributed by atoms with van der Waals surface area (Å²) < 4.78 is 0. The lowest BCUT2D eigenvalue weighted by Crippen LogP contribution is -2.50. The summed E-state index contributed by atoms with van der Waals surface area (Å²) >= 11 is 0. The molecule has 1 aromatic carbocycles. The number of carbonyl (C=O) groups is 1. The van der Waals surface area contributed by atoms with Crippen LogP contribution in [0.1, 0.15) is 36.3 Å². The van der Waals surface area contributed by atoms with E-state index in [2.05, 4.69) is 65.2 Å². The van der Waals surface area contributed by atoms with Crippen LogP contribution >= 0.6 is 0 Å². The van der Waals surface area contributed by atoms with Crippen LogP contribution in [0.3, 0.4) is 0 Å². The largest absolute Gasteiger partial charge is 0.361 e. The summed E-state index contributed by atoms with van der Waals surface area (Å²) in [6, 6.07) is 7.14. The standard InChI is InChI=1S/C24H34N4O/c1-4-10-28-16-17(13-23(29)25-9-6-11-27(2)3)12-20-19-7-5-8-21-24(19)18(15-26-21)14-22(20)28/h4-5,7-8,15,17,20,22,26H,1,6,9-14,16H2,2-3H3,(H,25,29)/t17-,20+,22+/m0/s1. The highest BCUT2D eigenvalue weighted by atomic mass is 16.1. The van der Waals surface area contributed by atoms with Gasteiger partial charge in [0.15, 0.2) is 0 Å². The maximum Gasteiger partial charge on any atom is 0.220 e. The number of rotatable bonds is 8. The molecule has 0 radical (unpaired) electrons. The number of hydrogen-bond acceptors (Lipinski definition) is 3. The third-order valence-electron chi connectivity index (χ3n) is 6.60. The Labute approximate surface area is 174 Å². The molecule has 2 N–H and O–H groups in total. The molecule has 0 unspecified atom stereocenters.